The van der Waals surface area contributed by atoms with Gasteiger partial charge in [-0.2, -0.15) is 0 Å². The molecule has 0 atom stereocenters. The Bertz CT molecular complexity index is 519. The molecule has 0 amide bonds. The maximum Gasteiger partial charge on any atom is -0.0184 e. The van der Waals surface area contributed by atoms with Crippen molar-refractivity contribution in [2.24, 2.45) is 0 Å². The van der Waals surface area contributed by atoms with Crippen LogP contribution < -0.4 is 0 Å². The fourth-order valence-electron chi connectivity index (χ4n) is 1.67. The van der Waals surface area contributed by atoms with Gasteiger partial charge in [0, 0.05) is 0 Å². The predicted molar refractivity (Wildman–Crippen MR) is 82.0 cm³/mol. The fourth-order valence-corrected chi connectivity index (χ4v) is 1.67. The number of rotatable bonds is 2. The first-order valence-corrected chi connectivity index (χ1v) is 5.95. The molecule has 0 N–H and O–H groups in total. The highest BCUT2D eigenvalue weighted by molar-refractivity contribution is 5.85. The summed E-state index contributed by atoms with van der Waals surface area (Å²) >= 11 is 0. The van der Waals surface area contributed by atoms with Crippen LogP contribution in [-0.2, 0) is 0 Å². The van der Waals surface area contributed by atoms with E-state index in [2.05, 4.69) is 49.6 Å². The maximum atomic E-state index is 3.66. The van der Waals surface area contributed by atoms with E-state index in [-0.39, 0.29) is 0 Å². The van der Waals surface area contributed by atoms with E-state index < -0.39 is 0 Å². The van der Waals surface area contributed by atoms with Crippen molar-refractivity contribution in [3.8, 4) is 0 Å². The largest absolute Gasteiger partial charge is 0.0985 e. The van der Waals surface area contributed by atoms with E-state index in [4.69, 9.17) is 0 Å². The van der Waals surface area contributed by atoms with Gasteiger partial charge in [0.1, 0.15) is 0 Å². The smallest absolute Gasteiger partial charge is 0.0184 e. The molecule has 0 saturated carbocycles. The molecule has 0 radical (unpaired) electrons. The van der Waals surface area contributed by atoms with Crippen LogP contribution in [0.4, 0.5) is 0 Å². The van der Waals surface area contributed by atoms with Crippen LogP contribution in [0, 0.1) is 0 Å². The first kappa shape index (κ1) is 12.1. The minimum absolute atomic E-state index is 1.14. The summed E-state index contributed by atoms with van der Waals surface area (Å²) in [7, 11) is 0. The third-order valence-electron chi connectivity index (χ3n) is 2.85. The van der Waals surface area contributed by atoms with Crippen molar-refractivity contribution in [3.63, 3.8) is 0 Å². The molecule has 0 heterocycles. The molecule has 88 valence electrons. The molecule has 0 heteroatoms. The first-order chi connectivity index (χ1) is 8.83. The van der Waals surface area contributed by atoms with E-state index >= 15 is 0 Å². The SMILES string of the molecule is C1=Cc2ccccc21.C=Cc1ccc(C=C)cc1. The molecule has 0 aromatic heterocycles. The molecule has 0 spiro atoms. The lowest BCUT2D eigenvalue weighted by Gasteiger charge is -2.06. The highest BCUT2D eigenvalue weighted by Crippen LogP contribution is 2.21. The standard InChI is InChI=1S/C10H10.C8H6/c1-3-9-5-7-10(4-2)8-6-9;1-2-4-8-6-5-7(8)3-1/h3-8H,1-2H2;1-6H. The normalized spacial score (nSPS) is 10.4. The van der Waals surface area contributed by atoms with Gasteiger partial charge in [-0.05, 0) is 22.3 Å². The van der Waals surface area contributed by atoms with Crippen molar-refractivity contribution in [2.75, 3.05) is 0 Å². The van der Waals surface area contributed by atoms with Gasteiger partial charge in [0.25, 0.3) is 0 Å². The quantitative estimate of drug-likeness (QED) is 0.573. The molecule has 3 rings (SSSR count). The molecule has 0 fully saturated rings. The number of hydrogen-bond donors (Lipinski definition) is 0. The summed E-state index contributed by atoms with van der Waals surface area (Å²) in [6.07, 6.45) is 7.89. The number of benzene rings is 2. The van der Waals surface area contributed by atoms with Gasteiger partial charge in [0.2, 0.25) is 0 Å². The Balaban J connectivity index is 0.000000136. The lowest BCUT2D eigenvalue weighted by molar-refractivity contribution is 1.58. The molecule has 0 nitrogen and oxygen atoms in total. The Kier molecular flexibility index (Phi) is 3.93. The minimum Gasteiger partial charge on any atom is -0.0985 e. The van der Waals surface area contributed by atoms with Crippen molar-refractivity contribution in [1.82, 2.24) is 0 Å². The third kappa shape index (κ3) is 2.86. The first-order valence-electron chi connectivity index (χ1n) is 5.95. The van der Waals surface area contributed by atoms with Crippen LogP contribution in [0.5, 0.6) is 0 Å². The third-order valence-corrected chi connectivity index (χ3v) is 2.85. The van der Waals surface area contributed by atoms with Gasteiger partial charge in [-0.1, -0.05) is 86.0 Å². The zero-order valence-electron chi connectivity index (χ0n) is 10.3. The molecule has 1 aliphatic rings. The van der Waals surface area contributed by atoms with E-state index in [1.807, 2.05) is 36.4 Å². The van der Waals surface area contributed by atoms with Gasteiger partial charge in [0.15, 0.2) is 0 Å². The van der Waals surface area contributed by atoms with E-state index in [0.717, 1.165) is 11.1 Å². The molecular weight excluding hydrogens is 216 g/mol. The summed E-state index contributed by atoms with van der Waals surface area (Å²) in [5.74, 6) is 0. The van der Waals surface area contributed by atoms with Crippen LogP contribution in [0.1, 0.15) is 22.3 Å². The van der Waals surface area contributed by atoms with Gasteiger partial charge >= 0.3 is 0 Å². The van der Waals surface area contributed by atoms with Crippen LogP contribution in [0.2, 0.25) is 0 Å². The molecule has 18 heavy (non-hydrogen) atoms. The topological polar surface area (TPSA) is 0 Å². The van der Waals surface area contributed by atoms with E-state index in [1.165, 1.54) is 11.1 Å². The van der Waals surface area contributed by atoms with E-state index in [0.29, 0.717) is 0 Å². The summed E-state index contributed by atoms with van der Waals surface area (Å²) in [6.45, 7) is 7.32. The van der Waals surface area contributed by atoms with Gasteiger partial charge < -0.3 is 0 Å². The second-order valence-corrected chi connectivity index (χ2v) is 4.04. The second-order valence-electron chi connectivity index (χ2n) is 4.04. The molecule has 0 bridgehead atoms. The van der Waals surface area contributed by atoms with Crippen molar-refractivity contribution >= 4 is 24.3 Å². The van der Waals surface area contributed by atoms with Crippen LogP contribution in [0.3, 0.4) is 0 Å². The lowest BCUT2D eigenvalue weighted by atomic mass is 9.99. The number of fused-ring (bicyclic) bond motifs is 1. The molecule has 0 aliphatic heterocycles. The van der Waals surface area contributed by atoms with Crippen LogP contribution >= 0.6 is 0 Å². The molecule has 2 aromatic carbocycles. The average molecular weight is 232 g/mol. The number of hydrogen-bond acceptors (Lipinski definition) is 0. The Morgan fingerprint density at radius 1 is 0.611 bits per heavy atom. The Morgan fingerprint density at radius 2 is 1.00 bits per heavy atom. The molecular formula is C18H16. The Hall–Kier alpha value is -2.34. The maximum absolute atomic E-state index is 3.66. The van der Waals surface area contributed by atoms with Crippen molar-refractivity contribution in [2.45, 2.75) is 0 Å². The minimum atomic E-state index is 1.14. The van der Waals surface area contributed by atoms with Crippen molar-refractivity contribution < 1.29 is 0 Å². The van der Waals surface area contributed by atoms with Gasteiger partial charge in [-0.25, -0.2) is 0 Å². The van der Waals surface area contributed by atoms with E-state index in [9.17, 15) is 0 Å². The molecule has 0 saturated heterocycles. The molecule has 1 aliphatic carbocycles. The predicted octanol–water partition coefficient (Wildman–Crippen LogP) is 5.14. The van der Waals surface area contributed by atoms with Crippen LogP contribution in [0.25, 0.3) is 24.3 Å². The van der Waals surface area contributed by atoms with Gasteiger partial charge in [-0.3, -0.25) is 0 Å². The lowest BCUT2D eigenvalue weighted by Crippen LogP contribution is -1.85. The van der Waals surface area contributed by atoms with E-state index in [1.54, 1.807) is 0 Å². The summed E-state index contributed by atoms with van der Waals surface area (Å²) < 4.78 is 0. The molecule has 2 aromatic rings. The Labute approximate surface area is 109 Å². The summed E-state index contributed by atoms with van der Waals surface area (Å²) in [6, 6.07) is 16.4. The zero-order valence-corrected chi connectivity index (χ0v) is 10.3. The Morgan fingerprint density at radius 3 is 1.22 bits per heavy atom. The average Bonchev–Trinajstić information content (AvgIpc) is 2.41. The highest BCUT2D eigenvalue weighted by atomic mass is 14.0. The van der Waals surface area contributed by atoms with Crippen LogP contribution in [0.15, 0.2) is 61.7 Å². The van der Waals surface area contributed by atoms with Crippen LogP contribution in [-0.4, -0.2) is 0 Å². The van der Waals surface area contributed by atoms with Gasteiger partial charge in [0.05, 0.1) is 0 Å². The highest BCUT2D eigenvalue weighted by Gasteiger charge is 1.99. The zero-order chi connectivity index (χ0) is 12.8. The second kappa shape index (κ2) is 5.83. The summed E-state index contributed by atoms with van der Waals surface area (Å²) in [5.41, 5.74) is 5.02. The van der Waals surface area contributed by atoms with Crippen molar-refractivity contribution in [3.05, 3.63) is 83.9 Å². The summed E-state index contributed by atoms with van der Waals surface area (Å²) in [5, 5.41) is 0. The van der Waals surface area contributed by atoms with Gasteiger partial charge in [-0.15, -0.1) is 0 Å². The fraction of sp³-hybridized carbons (Fsp3) is 0. The summed E-state index contributed by atoms with van der Waals surface area (Å²) in [4.78, 5) is 0. The monoisotopic (exact) mass is 232 g/mol. The molecule has 0 unspecified atom stereocenters. The van der Waals surface area contributed by atoms with Crippen molar-refractivity contribution in [1.29, 1.82) is 0 Å².